The number of carbonyl (C=O) groups excluding carboxylic acids is 2. The van der Waals surface area contributed by atoms with E-state index >= 15 is 0 Å². The summed E-state index contributed by atoms with van der Waals surface area (Å²) in [6.07, 6.45) is 4.90. The maximum absolute atomic E-state index is 14.1. The number of ketones is 2. The molecule has 2 bridgehead atoms. The zero-order chi connectivity index (χ0) is 22.2. The number of allylic oxidation sites excluding steroid dienone is 2. The number of hydrogen-bond acceptors (Lipinski definition) is 4. The Balaban J connectivity index is 1.99. The first-order valence-electron chi connectivity index (χ1n) is 10.9. The highest BCUT2D eigenvalue weighted by Crippen LogP contribution is 2.73. The summed E-state index contributed by atoms with van der Waals surface area (Å²) in [5.74, 6) is -0.570. The van der Waals surface area contributed by atoms with E-state index in [4.69, 9.17) is 11.6 Å². The standard InChI is InChI=1S/C25H31ClO4/c1-13(2)7-6-8-23(5)19-9-15(14(3)4)12-24(19)17-10-16(27)11-18(28)20(17)21(29)25(23,26)22(24)30/h7,10-11,14-15,19,27-28H,6,8-9,12H2,1-5H3/t15-,19+,23+,24-,25+/m1/s1. The average Bonchev–Trinajstić information content (AvgIpc) is 3.09. The van der Waals surface area contributed by atoms with Crippen molar-refractivity contribution in [2.24, 2.45) is 23.2 Å². The summed E-state index contributed by atoms with van der Waals surface area (Å²) in [5.41, 5.74) is 0.121. The van der Waals surface area contributed by atoms with Crippen LogP contribution in [0.1, 0.15) is 76.2 Å². The summed E-state index contributed by atoms with van der Waals surface area (Å²) >= 11 is 7.10. The number of hydrogen-bond donors (Lipinski definition) is 2. The Bertz CT molecular complexity index is 976. The van der Waals surface area contributed by atoms with Gasteiger partial charge >= 0.3 is 0 Å². The first kappa shape index (κ1) is 21.4. The van der Waals surface area contributed by atoms with Crippen LogP contribution in [0.25, 0.3) is 0 Å². The second-order valence-corrected chi connectivity index (χ2v) is 11.0. The van der Waals surface area contributed by atoms with Gasteiger partial charge in [-0.15, -0.1) is 11.6 Å². The number of aromatic hydroxyl groups is 2. The molecule has 162 valence electrons. The molecular weight excluding hydrogens is 400 g/mol. The molecule has 0 saturated heterocycles. The van der Waals surface area contributed by atoms with Crippen LogP contribution in [0.4, 0.5) is 0 Å². The molecule has 0 heterocycles. The largest absolute Gasteiger partial charge is 0.508 e. The molecule has 0 unspecified atom stereocenters. The summed E-state index contributed by atoms with van der Waals surface area (Å²) in [5, 5.41) is 20.9. The number of fused-ring (bicyclic) bond motifs is 2. The highest BCUT2D eigenvalue weighted by atomic mass is 35.5. The number of Topliss-reactive ketones (excluding diaryl/α,β-unsaturated/α-hetero) is 2. The average molecular weight is 431 g/mol. The van der Waals surface area contributed by atoms with Crippen molar-refractivity contribution in [3.63, 3.8) is 0 Å². The molecule has 0 aliphatic heterocycles. The van der Waals surface area contributed by atoms with Crippen LogP contribution in [0.2, 0.25) is 0 Å². The lowest BCUT2D eigenvalue weighted by molar-refractivity contribution is -0.124. The van der Waals surface area contributed by atoms with Gasteiger partial charge in [0, 0.05) is 11.5 Å². The number of benzene rings is 1. The zero-order valence-electron chi connectivity index (χ0n) is 18.4. The summed E-state index contributed by atoms with van der Waals surface area (Å²) in [4.78, 5) is 26.1. The molecule has 0 amide bonds. The molecule has 1 spiro atoms. The molecule has 0 radical (unpaired) electrons. The molecule has 5 heteroatoms. The summed E-state index contributed by atoms with van der Waals surface area (Å²) in [6, 6.07) is 2.69. The van der Waals surface area contributed by atoms with Gasteiger partial charge < -0.3 is 10.2 Å². The Morgan fingerprint density at radius 3 is 2.53 bits per heavy atom. The molecule has 3 aliphatic carbocycles. The minimum Gasteiger partial charge on any atom is -0.508 e. The molecule has 5 atom stereocenters. The van der Waals surface area contributed by atoms with E-state index < -0.39 is 21.5 Å². The van der Waals surface area contributed by atoms with Gasteiger partial charge in [0.2, 0.25) is 0 Å². The number of phenolic OH excluding ortho intramolecular Hbond substituents is 2. The Kier molecular flexibility index (Phi) is 4.71. The molecule has 3 aliphatic rings. The van der Waals surface area contributed by atoms with Crippen molar-refractivity contribution in [1.82, 2.24) is 0 Å². The van der Waals surface area contributed by atoms with Crippen molar-refractivity contribution in [3.05, 3.63) is 34.9 Å². The lowest BCUT2D eigenvalue weighted by Gasteiger charge is -2.40. The van der Waals surface area contributed by atoms with E-state index in [1.807, 2.05) is 20.8 Å². The zero-order valence-corrected chi connectivity index (χ0v) is 19.1. The first-order chi connectivity index (χ1) is 13.9. The van der Waals surface area contributed by atoms with Crippen molar-refractivity contribution in [2.45, 2.75) is 70.6 Å². The third-order valence-corrected chi connectivity index (χ3v) is 9.05. The van der Waals surface area contributed by atoms with E-state index in [1.54, 1.807) is 0 Å². The molecule has 2 fully saturated rings. The highest BCUT2D eigenvalue weighted by Gasteiger charge is 2.80. The monoisotopic (exact) mass is 430 g/mol. The Morgan fingerprint density at radius 2 is 1.93 bits per heavy atom. The predicted molar refractivity (Wildman–Crippen MR) is 117 cm³/mol. The van der Waals surface area contributed by atoms with Gasteiger partial charge in [0.25, 0.3) is 0 Å². The number of halogens is 1. The summed E-state index contributed by atoms with van der Waals surface area (Å²) < 4.78 is 0. The van der Waals surface area contributed by atoms with Crippen LogP contribution in [-0.2, 0) is 10.2 Å². The topological polar surface area (TPSA) is 74.6 Å². The number of rotatable bonds is 4. The molecular formula is C25H31ClO4. The smallest absolute Gasteiger partial charge is 0.195 e. The van der Waals surface area contributed by atoms with Gasteiger partial charge in [-0.25, -0.2) is 0 Å². The van der Waals surface area contributed by atoms with Gasteiger partial charge in [0.1, 0.15) is 11.5 Å². The maximum atomic E-state index is 14.1. The van der Waals surface area contributed by atoms with Crippen molar-refractivity contribution in [3.8, 4) is 11.5 Å². The van der Waals surface area contributed by atoms with Crippen molar-refractivity contribution in [1.29, 1.82) is 0 Å². The summed E-state index contributed by atoms with van der Waals surface area (Å²) in [6.45, 7) is 10.4. The lowest BCUT2D eigenvalue weighted by Crippen LogP contribution is -2.55. The van der Waals surface area contributed by atoms with Gasteiger partial charge in [0.15, 0.2) is 16.4 Å². The van der Waals surface area contributed by atoms with Gasteiger partial charge in [-0.1, -0.05) is 32.4 Å². The van der Waals surface area contributed by atoms with Crippen LogP contribution < -0.4 is 0 Å². The number of carbonyl (C=O) groups is 2. The molecule has 4 nitrogen and oxygen atoms in total. The molecule has 1 aromatic carbocycles. The predicted octanol–water partition coefficient (Wildman–Crippen LogP) is 5.53. The van der Waals surface area contributed by atoms with E-state index in [0.29, 0.717) is 30.2 Å². The normalized spacial score (nSPS) is 36.8. The fourth-order valence-electron chi connectivity index (χ4n) is 6.68. The first-order valence-corrected chi connectivity index (χ1v) is 11.3. The minimum atomic E-state index is -1.68. The van der Waals surface area contributed by atoms with Gasteiger partial charge in [0.05, 0.1) is 11.0 Å². The second kappa shape index (κ2) is 6.59. The van der Waals surface area contributed by atoms with Crippen LogP contribution in [0, 0.1) is 23.2 Å². The van der Waals surface area contributed by atoms with Gasteiger partial charge in [-0.05, 0) is 68.9 Å². The Hall–Kier alpha value is -1.81. The van der Waals surface area contributed by atoms with E-state index in [9.17, 15) is 19.8 Å². The van der Waals surface area contributed by atoms with E-state index in [0.717, 1.165) is 12.8 Å². The number of phenols is 2. The third kappa shape index (κ3) is 2.40. The van der Waals surface area contributed by atoms with Crippen molar-refractivity contribution >= 4 is 23.2 Å². The van der Waals surface area contributed by atoms with Gasteiger partial charge in [-0.2, -0.15) is 0 Å². The fraction of sp³-hybridized carbons (Fsp3) is 0.600. The third-order valence-electron chi connectivity index (χ3n) is 8.27. The van der Waals surface area contributed by atoms with Crippen molar-refractivity contribution in [2.75, 3.05) is 0 Å². The fourth-order valence-corrected chi connectivity index (χ4v) is 7.17. The van der Waals surface area contributed by atoms with E-state index in [1.165, 1.54) is 17.7 Å². The van der Waals surface area contributed by atoms with E-state index in [-0.39, 0.29) is 28.8 Å². The van der Waals surface area contributed by atoms with E-state index in [2.05, 4.69) is 19.9 Å². The van der Waals surface area contributed by atoms with Crippen LogP contribution in [0.15, 0.2) is 23.8 Å². The van der Waals surface area contributed by atoms with Crippen LogP contribution in [0.3, 0.4) is 0 Å². The van der Waals surface area contributed by atoms with Crippen LogP contribution in [0.5, 0.6) is 11.5 Å². The number of alkyl halides is 1. The van der Waals surface area contributed by atoms with Crippen LogP contribution >= 0.6 is 11.6 Å². The van der Waals surface area contributed by atoms with Crippen LogP contribution in [-0.4, -0.2) is 26.7 Å². The lowest BCUT2D eigenvalue weighted by atomic mass is 9.66. The van der Waals surface area contributed by atoms with Crippen molar-refractivity contribution < 1.29 is 19.8 Å². The molecule has 1 aromatic rings. The maximum Gasteiger partial charge on any atom is 0.195 e. The molecule has 30 heavy (non-hydrogen) atoms. The molecule has 4 rings (SSSR count). The SMILES string of the molecule is CC(C)=CCC[C@@]1(C)[C@@H]2C[C@@H](C(C)C)C[C@]23C(=O)[C@@]1(Cl)C(=O)c1c(O)cc(O)cc13. The minimum absolute atomic E-state index is 0.112. The highest BCUT2D eigenvalue weighted by molar-refractivity contribution is 6.53. The molecule has 2 N–H and O–H groups in total. The summed E-state index contributed by atoms with van der Waals surface area (Å²) in [7, 11) is 0. The quantitative estimate of drug-likeness (QED) is 0.374. The van der Waals surface area contributed by atoms with Gasteiger partial charge in [-0.3, -0.25) is 9.59 Å². The Morgan fingerprint density at radius 1 is 1.27 bits per heavy atom. The molecule has 2 saturated carbocycles. The Labute approximate surface area is 183 Å². The second-order valence-electron chi connectivity index (χ2n) is 10.4. The molecule has 0 aromatic heterocycles.